The van der Waals surface area contributed by atoms with Crippen LogP contribution < -0.4 is 10.6 Å². The molecule has 3 rings (SSSR count). The normalized spacial score (nSPS) is 14.9. The lowest BCUT2D eigenvalue weighted by molar-refractivity contribution is 0.780. The number of benzene rings is 1. The monoisotopic (exact) mass is 215 g/mol. The molecule has 0 unspecified atom stereocenters. The predicted molar refractivity (Wildman–Crippen MR) is 64.6 cm³/mol. The van der Waals surface area contributed by atoms with Crippen molar-refractivity contribution in [1.82, 2.24) is 15.1 Å². The summed E-state index contributed by atoms with van der Waals surface area (Å²) in [5.41, 5.74) is 2.01. The molecule has 0 saturated heterocycles. The molecule has 2 aromatic rings. The van der Waals surface area contributed by atoms with Gasteiger partial charge in [-0.2, -0.15) is 5.10 Å². The first kappa shape index (κ1) is 9.21. The van der Waals surface area contributed by atoms with E-state index >= 15 is 0 Å². The van der Waals surface area contributed by atoms with Gasteiger partial charge in [0.25, 0.3) is 0 Å². The van der Waals surface area contributed by atoms with Crippen molar-refractivity contribution < 1.29 is 0 Å². The molecule has 1 aliphatic heterocycles. The second-order valence-corrected chi connectivity index (χ2v) is 3.86. The van der Waals surface area contributed by atoms with E-state index in [1.54, 1.807) is 0 Å². The quantitative estimate of drug-likeness (QED) is 0.744. The number of aromatic nitrogens is 2. The first-order valence-corrected chi connectivity index (χ1v) is 5.30. The van der Waals surface area contributed by atoms with Crippen LogP contribution in [0.4, 0.5) is 5.69 Å². The van der Waals surface area contributed by atoms with E-state index in [1.807, 2.05) is 30.1 Å². The smallest absolute Gasteiger partial charge is 0.195 e. The lowest BCUT2D eigenvalue weighted by atomic mass is 10.2. The summed E-state index contributed by atoms with van der Waals surface area (Å²) in [6.07, 6.45) is 2.00. The van der Waals surface area contributed by atoms with E-state index in [4.69, 9.17) is 0 Å². The van der Waals surface area contributed by atoms with Crippen LogP contribution in [-0.4, -0.2) is 28.8 Å². The Hall–Kier alpha value is -2.04. The fourth-order valence-electron chi connectivity index (χ4n) is 1.84. The lowest BCUT2D eigenvalue weighted by Crippen LogP contribution is -2.26. The molecule has 2 N–H and O–H groups in total. The largest absolute Gasteiger partial charge is 0.354 e. The fourth-order valence-corrected chi connectivity index (χ4v) is 1.84. The highest BCUT2D eigenvalue weighted by atomic mass is 15.2. The molecule has 0 atom stereocenters. The van der Waals surface area contributed by atoms with Crippen LogP contribution >= 0.6 is 0 Å². The molecule has 5 heteroatoms. The Kier molecular flexibility index (Phi) is 2.02. The maximum Gasteiger partial charge on any atom is 0.195 e. The van der Waals surface area contributed by atoms with Gasteiger partial charge >= 0.3 is 0 Å². The second kappa shape index (κ2) is 3.52. The van der Waals surface area contributed by atoms with Crippen molar-refractivity contribution in [3.8, 4) is 0 Å². The van der Waals surface area contributed by atoms with Gasteiger partial charge in [-0.05, 0) is 18.2 Å². The van der Waals surface area contributed by atoms with Crippen molar-refractivity contribution >= 4 is 22.5 Å². The molecule has 1 aromatic heterocycles. The Bertz CT molecular complexity index is 555. The molecular weight excluding hydrogens is 202 g/mol. The van der Waals surface area contributed by atoms with Crippen LogP contribution in [0.25, 0.3) is 10.9 Å². The third-order valence-corrected chi connectivity index (χ3v) is 2.56. The van der Waals surface area contributed by atoms with E-state index in [0.29, 0.717) is 0 Å². The van der Waals surface area contributed by atoms with Gasteiger partial charge in [0, 0.05) is 30.9 Å². The molecule has 82 valence electrons. The first-order valence-electron chi connectivity index (χ1n) is 5.30. The number of nitrogens with one attached hydrogen (secondary N) is 2. The standard InChI is InChI=1S/C11H13N5/c1-16-7-8-2-3-9(6-10(8)15-16)14-11-12-4-5-13-11/h2-3,6-7H,4-5H2,1H3,(H2,12,13,14). The number of aliphatic imine (C=N–C) groups is 1. The summed E-state index contributed by atoms with van der Waals surface area (Å²) >= 11 is 0. The summed E-state index contributed by atoms with van der Waals surface area (Å²) in [6.45, 7) is 1.75. The summed E-state index contributed by atoms with van der Waals surface area (Å²) in [5.74, 6) is 0.843. The second-order valence-electron chi connectivity index (χ2n) is 3.86. The molecule has 16 heavy (non-hydrogen) atoms. The maximum atomic E-state index is 4.36. The summed E-state index contributed by atoms with van der Waals surface area (Å²) in [5, 5.41) is 11.9. The minimum Gasteiger partial charge on any atom is -0.354 e. The molecule has 0 bridgehead atoms. The van der Waals surface area contributed by atoms with Crippen molar-refractivity contribution in [1.29, 1.82) is 0 Å². The zero-order valence-corrected chi connectivity index (χ0v) is 9.07. The van der Waals surface area contributed by atoms with Crippen molar-refractivity contribution in [2.75, 3.05) is 18.4 Å². The zero-order chi connectivity index (χ0) is 11.0. The Morgan fingerprint density at radius 2 is 2.38 bits per heavy atom. The van der Waals surface area contributed by atoms with E-state index in [0.717, 1.165) is 35.6 Å². The minimum atomic E-state index is 0.841. The van der Waals surface area contributed by atoms with E-state index in [2.05, 4.69) is 26.8 Å². The van der Waals surface area contributed by atoms with Crippen LogP contribution in [0.5, 0.6) is 0 Å². The summed E-state index contributed by atoms with van der Waals surface area (Å²) in [6, 6.07) is 6.12. The van der Waals surface area contributed by atoms with Gasteiger partial charge in [0.05, 0.1) is 12.1 Å². The van der Waals surface area contributed by atoms with Gasteiger partial charge in [0.15, 0.2) is 5.96 Å². The first-order chi connectivity index (χ1) is 7.81. The number of anilines is 1. The molecule has 2 heterocycles. The average Bonchev–Trinajstić information content (AvgIpc) is 2.85. The van der Waals surface area contributed by atoms with Crippen LogP contribution in [0, 0.1) is 0 Å². The Labute approximate surface area is 93.2 Å². The third kappa shape index (κ3) is 1.60. The highest BCUT2D eigenvalue weighted by Gasteiger charge is 2.05. The number of hydrogen-bond donors (Lipinski definition) is 2. The highest BCUT2D eigenvalue weighted by molar-refractivity contribution is 5.96. The molecule has 5 nitrogen and oxygen atoms in total. The SMILES string of the molecule is Cn1cc2ccc(NC3=NCCN3)cc2n1. The number of rotatable bonds is 1. The number of aryl methyl sites for hydroxylation is 1. The molecule has 0 radical (unpaired) electrons. The van der Waals surface area contributed by atoms with Crippen LogP contribution in [0.2, 0.25) is 0 Å². The lowest BCUT2D eigenvalue weighted by Gasteiger charge is -2.05. The predicted octanol–water partition coefficient (Wildman–Crippen LogP) is 0.944. The minimum absolute atomic E-state index is 0.841. The average molecular weight is 215 g/mol. The topological polar surface area (TPSA) is 54.2 Å². The molecule has 1 aliphatic rings. The Balaban J connectivity index is 1.92. The molecular formula is C11H13N5. The van der Waals surface area contributed by atoms with Crippen molar-refractivity contribution in [3.63, 3.8) is 0 Å². The van der Waals surface area contributed by atoms with E-state index in [-0.39, 0.29) is 0 Å². The van der Waals surface area contributed by atoms with E-state index in [1.165, 1.54) is 0 Å². The van der Waals surface area contributed by atoms with Crippen LogP contribution in [0.1, 0.15) is 0 Å². The highest BCUT2D eigenvalue weighted by Crippen LogP contribution is 2.17. The number of nitrogens with zero attached hydrogens (tertiary/aromatic N) is 3. The van der Waals surface area contributed by atoms with Gasteiger partial charge in [-0.15, -0.1) is 0 Å². The van der Waals surface area contributed by atoms with Gasteiger partial charge in [0.2, 0.25) is 0 Å². The number of hydrogen-bond acceptors (Lipinski definition) is 4. The fraction of sp³-hybridized carbons (Fsp3) is 0.273. The number of guanidine groups is 1. The molecule has 0 amide bonds. The van der Waals surface area contributed by atoms with Crippen LogP contribution in [0.15, 0.2) is 29.4 Å². The van der Waals surface area contributed by atoms with Crippen molar-refractivity contribution in [2.45, 2.75) is 0 Å². The van der Waals surface area contributed by atoms with Gasteiger partial charge < -0.3 is 10.6 Å². The molecule has 0 saturated carbocycles. The van der Waals surface area contributed by atoms with Gasteiger partial charge in [-0.3, -0.25) is 9.67 Å². The van der Waals surface area contributed by atoms with E-state index < -0.39 is 0 Å². The summed E-state index contributed by atoms with van der Waals surface area (Å²) in [4.78, 5) is 4.29. The van der Waals surface area contributed by atoms with Crippen molar-refractivity contribution in [2.24, 2.45) is 12.0 Å². The van der Waals surface area contributed by atoms with Crippen LogP contribution in [-0.2, 0) is 7.05 Å². The zero-order valence-electron chi connectivity index (χ0n) is 9.07. The molecule has 0 fully saturated rings. The summed E-state index contributed by atoms with van der Waals surface area (Å²) < 4.78 is 1.82. The van der Waals surface area contributed by atoms with E-state index in [9.17, 15) is 0 Å². The number of fused-ring (bicyclic) bond motifs is 1. The van der Waals surface area contributed by atoms with Gasteiger partial charge in [-0.25, -0.2) is 0 Å². The maximum absolute atomic E-state index is 4.36. The van der Waals surface area contributed by atoms with Gasteiger partial charge in [0.1, 0.15) is 0 Å². The molecule has 0 aliphatic carbocycles. The summed E-state index contributed by atoms with van der Waals surface area (Å²) in [7, 11) is 1.93. The molecule has 0 spiro atoms. The van der Waals surface area contributed by atoms with Gasteiger partial charge in [-0.1, -0.05) is 0 Å². The Morgan fingerprint density at radius 1 is 1.44 bits per heavy atom. The van der Waals surface area contributed by atoms with Crippen molar-refractivity contribution in [3.05, 3.63) is 24.4 Å². The Morgan fingerprint density at radius 3 is 3.19 bits per heavy atom. The third-order valence-electron chi connectivity index (χ3n) is 2.56. The van der Waals surface area contributed by atoms with Crippen LogP contribution in [0.3, 0.4) is 0 Å². The molecule has 1 aromatic carbocycles.